The Morgan fingerprint density at radius 1 is 0.938 bits per heavy atom. The van der Waals surface area contributed by atoms with E-state index < -0.39 is 15.9 Å². The highest BCUT2D eigenvalue weighted by atomic mass is 32.2. The highest BCUT2D eigenvalue weighted by Gasteiger charge is 2.27. The molecule has 0 unspecified atom stereocenters. The maximum atomic E-state index is 13.4. The molecule has 3 rings (SSSR count). The van der Waals surface area contributed by atoms with Gasteiger partial charge in [0.15, 0.2) is 0 Å². The average molecular weight is 453 g/mol. The first-order valence-corrected chi connectivity index (χ1v) is 12.0. The van der Waals surface area contributed by atoms with Crippen molar-refractivity contribution in [3.05, 3.63) is 83.9 Å². The molecule has 168 valence electrons. The molecule has 6 nitrogen and oxygen atoms in total. The van der Waals surface area contributed by atoms with Crippen LogP contribution in [0.5, 0.6) is 5.75 Å². The van der Waals surface area contributed by atoms with Crippen molar-refractivity contribution in [2.24, 2.45) is 0 Å². The summed E-state index contributed by atoms with van der Waals surface area (Å²) in [5.74, 6) is 0.215. The van der Waals surface area contributed by atoms with Crippen molar-refractivity contribution in [1.82, 2.24) is 0 Å². The Bertz CT molecular complexity index is 1160. The van der Waals surface area contributed by atoms with Crippen LogP contribution in [0.25, 0.3) is 0 Å². The summed E-state index contributed by atoms with van der Waals surface area (Å²) < 4.78 is 33.5. The van der Waals surface area contributed by atoms with Crippen LogP contribution in [-0.2, 0) is 21.2 Å². The molecule has 0 atom stereocenters. The molecule has 0 saturated carbocycles. The third-order valence-electron chi connectivity index (χ3n) is 5.06. The summed E-state index contributed by atoms with van der Waals surface area (Å²) in [6.07, 6.45) is 0.752. The first kappa shape index (κ1) is 23.3. The standard InChI is InChI=1S/C25H28N2O4S/c1-4-20-11-9-10-19(3)25(20)26-24(28)18-27(21-14-16-22(17-15-21)31-5-2)32(29,30)23-12-7-6-8-13-23/h6-17H,4-5,18H2,1-3H3,(H,26,28). The summed E-state index contributed by atoms with van der Waals surface area (Å²) in [6.45, 7) is 5.95. The fraction of sp³-hybridized carbons (Fsp3) is 0.240. The summed E-state index contributed by atoms with van der Waals surface area (Å²) in [5.41, 5.74) is 3.03. The molecule has 1 N–H and O–H groups in total. The Morgan fingerprint density at radius 2 is 1.62 bits per heavy atom. The van der Waals surface area contributed by atoms with E-state index in [1.807, 2.05) is 39.0 Å². The number of benzene rings is 3. The number of carbonyl (C=O) groups is 1. The van der Waals surface area contributed by atoms with Crippen LogP contribution < -0.4 is 14.4 Å². The number of hydrogen-bond donors (Lipinski definition) is 1. The van der Waals surface area contributed by atoms with Gasteiger partial charge in [0.1, 0.15) is 12.3 Å². The van der Waals surface area contributed by atoms with Crippen molar-refractivity contribution in [3.8, 4) is 5.75 Å². The topological polar surface area (TPSA) is 75.7 Å². The largest absolute Gasteiger partial charge is 0.494 e. The third kappa shape index (κ3) is 5.29. The Balaban J connectivity index is 1.95. The monoisotopic (exact) mass is 452 g/mol. The van der Waals surface area contributed by atoms with Crippen LogP contribution in [0, 0.1) is 6.92 Å². The average Bonchev–Trinajstić information content (AvgIpc) is 2.80. The van der Waals surface area contributed by atoms with Crippen LogP contribution in [0.4, 0.5) is 11.4 Å². The molecule has 7 heteroatoms. The molecule has 0 saturated heterocycles. The van der Waals surface area contributed by atoms with Gasteiger partial charge in [-0.1, -0.05) is 43.3 Å². The van der Waals surface area contributed by atoms with Gasteiger partial charge in [0.2, 0.25) is 5.91 Å². The van der Waals surface area contributed by atoms with Crippen LogP contribution in [0.15, 0.2) is 77.7 Å². The highest BCUT2D eigenvalue weighted by molar-refractivity contribution is 7.92. The van der Waals surface area contributed by atoms with Gasteiger partial charge in [-0.05, 0) is 67.8 Å². The zero-order chi connectivity index (χ0) is 23.1. The number of aryl methyl sites for hydroxylation is 2. The minimum absolute atomic E-state index is 0.117. The van der Waals surface area contributed by atoms with Gasteiger partial charge in [-0.3, -0.25) is 9.10 Å². The molecule has 32 heavy (non-hydrogen) atoms. The Labute approximate surface area is 189 Å². The number of hydrogen-bond acceptors (Lipinski definition) is 4. The predicted octanol–water partition coefficient (Wildman–Crippen LogP) is 4.79. The highest BCUT2D eigenvalue weighted by Crippen LogP contribution is 2.27. The molecule has 0 aliphatic carbocycles. The summed E-state index contributed by atoms with van der Waals surface area (Å²) in [6, 6.07) is 20.6. The van der Waals surface area contributed by atoms with Gasteiger partial charge in [0, 0.05) is 5.69 Å². The molecule has 3 aromatic rings. The minimum Gasteiger partial charge on any atom is -0.494 e. The van der Waals surface area contributed by atoms with Crippen molar-refractivity contribution < 1.29 is 17.9 Å². The lowest BCUT2D eigenvalue weighted by atomic mass is 10.1. The van der Waals surface area contributed by atoms with Crippen LogP contribution in [0.1, 0.15) is 25.0 Å². The Morgan fingerprint density at radius 3 is 2.25 bits per heavy atom. The van der Waals surface area contributed by atoms with E-state index in [0.717, 1.165) is 27.5 Å². The van der Waals surface area contributed by atoms with E-state index >= 15 is 0 Å². The number of sulfonamides is 1. The van der Waals surface area contributed by atoms with E-state index in [0.29, 0.717) is 18.0 Å². The van der Waals surface area contributed by atoms with Gasteiger partial charge in [-0.2, -0.15) is 0 Å². The molecule has 0 aliphatic heterocycles. The molecule has 1 amide bonds. The van der Waals surface area contributed by atoms with E-state index in [1.54, 1.807) is 42.5 Å². The second-order valence-electron chi connectivity index (χ2n) is 7.26. The van der Waals surface area contributed by atoms with E-state index in [2.05, 4.69) is 5.32 Å². The molecule has 0 spiro atoms. The predicted molar refractivity (Wildman–Crippen MR) is 128 cm³/mol. The third-order valence-corrected chi connectivity index (χ3v) is 6.85. The van der Waals surface area contributed by atoms with Crippen LogP contribution in [-0.4, -0.2) is 27.5 Å². The fourth-order valence-corrected chi connectivity index (χ4v) is 4.86. The zero-order valence-corrected chi connectivity index (χ0v) is 19.4. The molecular formula is C25H28N2O4S. The number of carbonyl (C=O) groups excluding carboxylic acids is 1. The zero-order valence-electron chi connectivity index (χ0n) is 18.5. The molecule has 0 fully saturated rings. The number of ether oxygens (including phenoxy) is 1. The van der Waals surface area contributed by atoms with Crippen LogP contribution in [0.2, 0.25) is 0 Å². The van der Waals surface area contributed by atoms with E-state index in [1.165, 1.54) is 12.1 Å². The second kappa shape index (κ2) is 10.3. The number of nitrogens with one attached hydrogen (secondary N) is 1. The molecule has 3 aromatic carbocycles. The Hall–Kier alpha value is -3.32. The lowest BCUT2D eigenvalue weighted by Gasteiger charge is -2.25. The molecule has 0 aromatic heterocycles. The van der Waals surface area contributed by atoms with Gasteiger partial charge in [-0.15, -0.1) is 0 Å². The van der Waals surface area contributed by atoms with Gasteiger partial charge in [0.25, 0.3) is 10.0 Å². The van der Waals surface area contributed by atoms with Gasteiger partial charge in [-0.25, -0.2) is 8.42 Å². The molecular weight excluding hydrogens is 424 g/mol. The molecule has 0 heterocycles. The summed E-state index contributed by atoms with van der Waals surface area (Å²) in [7, 11) is -3.96. The molecule has 0 bridgehead atoms. The molecule has 0 aliphatic rings. The van der Waals surface area contributed by atoms with Gasteiger partial charge in [0.05, 0.1) is 17.2 Å². The van der Waals surface area contributed by atoms with Crippen molar-refractivity contribution in [1.29, 1.82) is 0 Å². The van der Waals surface area contributed by atoms with Gasteiger partial charge >= 0.3 is 0 Å². The van der Waals surface area contributed by atoms with Crippen molar-refractivity contribution >= 4 is 27.3 Å². The Kier molecular flexibility index (Phi) is 7.53. The minimum atomic E-state index is -3.96. The fourth-order valence-electron chi connectivity index (χ4n) is 3.42. The lowest BCUT2D eigenvalue weighted by molar-refractivity contribution is -0.114. The summed E-state index contributed by atoms with van der Waals surface area (Å²) >= 11 is 0. The van der Waals surface area contributed by atoms with Crippen molar-refractivity contribution in [3.63, 3.8) is 0 Å². The van der Waals surface area contributed by atoms with Crippen molar-refractivity contribution in [2.45, 2.75) is 32.1 Å². The van der Waals surface area contributed by atoms with E-state index in [4.69, 9.17) is 4.74 Å². The van der Waals surface area contributed by atoms with Gasteiger partial charge < -0.3 is 10.1 Å². The lowest BCUT2D eigenvalue weighted by Crippen LogP contribution is -2.38. The second-order valence-corrected chi connectivity index (χ2v) is 9.12. The van der Waals surface area contributed by atoms with E-state index in [-0.39, 0.29) is 11.4 Å². The normalized spacial score (nSPS) is 11.1. The smallest absolute Gasteiger partial charge is 0.264 e. The quantitative estimate of drug-likeness (QED) is 0.506. The summed E-state index contributed by atoms with van der Waals surface area (Å²) in [4.78, 5) is 13.1. The maximum absolute atomic E-state index is 13.4. The number of nitrogens with zero attached hydrogens (tertiary/aromatic N) is 1. The van der Waals surface area contributed by atoms with Crippen LogP contribution >= 0.6 is 0 Å². The molecule has 0 radical (unpaired) electrons. The maximum Gasteiger partial charge on any atom is 0.264 e. The van der Waals surface area contributed by atoms with Crippen molar-refractivity contribution in [2.75, 3.05) is 22.8 Å². The SMILES string of the molecule is CCOc1ccc(N(CC(=O)Nc2c(C)cccc2CC)S(=O)(=O)c2ccccc2)cc1. The number of anilines is 2. The van der Waals surface area contributed by atoms with E-state index in [9.17, 15) is 13.2 Å². The number of para-hydroxylation sites is 1. The summed E-state index contributed by atoms with van der Waals surface area (Å²) in [5, 5.41) is 2.92. The number of rotatable bonds is 9. The van der Waals surface area contributed by atoms with Crippen LogP contribution in [0.3, 0.4) is 0 Å². The first-order valence-electron chi connectivity index (χ1n) is 10.6. The number of amides is 1. The first-order chi connectivity index (χ1) is 15.4.